The highest BCUT2D eigenvalue weighted by Gasteiger charge is 2.37. The molecule has 0 fully saturated rings. The van der Waals surface area contributed by atoms with Gasteiger partial charge in [-0.1, -0.05) is 18.2 Å². The lowest BCUT2D eigenvalue weighted by Crippen LogP contribution is -2.27. The first-order valence-corrected chi connectivity index (χ1v) is 12.4. The molecule has 38 heavy (non-hydrogen) atoms. The van der Waals surface area contributed by atoms with Gasteiger partial charge in [-0.05, 0) is 59.9 Å². The zero-order valence-electron chi connectivity index (χ0n) is 22.2. The zero-order valence-corrected chi connectivity index (χ0v) is 22.2. The molecule has 2 N–H and O–H groups in total. The molecule has 0 bridgehead atoms. The Balaban J connectivity index is 1.62. The van der Waals surface area contributed by atoms with Gasteiger partial charge in [-0.3, -0.25) is 4.79 Å². The number of anilines is 2. The van der Waals surface area contributed by atoms with Gasteiger partial charge in [-0.2, -0.15) is 0 Å². The molecule has 3 aromatic carbocycles. The second-order valence-electron chi connectivity index (χ2n) is 9.24. The minimum atomic E-state index is -0.422. The number of rotatable bonds is 7. The molecule has 0 unspecified atom stereocenters. The molecule has 2 atom stereocenters. The standard InChI is InChI=1S/C30H32N2O6/c1-34-24-11-10-17(14-25(24)35-2)18-12-22-28(23(33)13-18)29(32-21-9-7-6-8-20(21)31-22)19-15-26(36-3)30(38-5)27(16-19)37-4/h6-11,14-16,18,29,31-32H,12-13H2,1-5H3/t18-,29+/m1/s1. The van der Waals surface area contributed by atoms with Gasteiger partial charge < -0.3 is 34.3 Å². The third-order valence-electron chi connectivity index (χ3n) is 7.21. The van der Waals surface area contributed by atoms with Crippen molar-refractivity contribution in [3.63, 3.8) is 0 Å². The molecule has 0 spiro atoms. The number of hydrogen-bond donors (Lipinski definition) is 2. The van der Waals surface area contributed by atoms with Gasteiger partial charge in [0.25, 0.3) is 0 Å². The predicted molar refractivity (Wildman–Crippen MR) is 146 cm³/mol. The van der Waals surface area contributed by atoms with E-state index in [0.29, 0.717) is 47.2 Å². The van der Waals surface area contributed by atoms with E-state index in [1.807, 2.05) is 54.6 Å². The van der Waals surface area contributed by atoms with E-state index in [4.69, 9.17) is 23.7 Å². The van der Waals surface area contributed by atoms with Crippen LogP contribution in [0.3, 0.4) is 0 Å². The Labute approximate surface area is 222 Å². The van der Waals surface area contributed by atoms with Crippen molar-refractivity contribution < 1.29 is 28.5 Å². The maximum absolute atomic E-state index is 13.9. The summed E-state index contributed by atoms with van der Waals surface area (Å²) in [5, 5.41) is 7.18. The number of para-hydroxylation sites is 2. The summed E-state index contributed by atoms with van der Waals surface area (Å²) in [5.74, 6) is 2.92. The molecule has 0 radical (unpaired) electrons. The minimum absolute atomic E-state index is 0.0144. The molecular weight excluding hydrogens is 484 g/mol. The number of Topliss-reactive ketones (excluding diaryl/α,β-unsaturated/α-hetero) is 1. The maximum Gasteiger partial charge on any atom is 0.203 e. The number of ether oxygens (including phenoxy) is 5. The van der Waals surface area contributed by atoms with Crippen LogP contribution >= 0.6 is 0 Å². The average Bonchev–Trinajstić information content (AvgIpc) is 3.12. The Kier molecular flexibility index (Phi) is 7.05. The van der Waals surface area contributed by atoms with Crippen LogP contribution in [0.2, 0.25) is 0 Å². The van der Waals surface area contributed by atoms with Gasteiger partial charge in [0.05, 0.1) is 53.0 Å². The number of benzene rings is 3. The number of nitrogens with one attached hydrogen (secondary N) is 2. The summed E-state index contributed by atoms with van der Waals surface area (Å²) in [4.78, 5) is 13.9. The van der Waals surface area contributed by atoms with Crippen molar-refractivity contribution >= 4 is 17.2 Å². The zero-order chi connectivity index (χ0) is 26.8. The van der Waals surface area contributed by atoms with Gasteiger partial charge in [0, 0.05) is 17.7 Å². The highest BCUT2D eigenvalue weighted by atomic mass is 16.5. The molecule has 0 aromatic heterocycles. The molecule has 1 aliphatic carbocycles. The van der Waals surface area contributed by atoms with Crippen molar-refractivity contribution in [2.45, 2.75) is 24.8 Å². The quantitative estimate of drug-likeness (QED) is 0.413. The van der Waals surface area contributed by atoms with Crippen LogP contribution < -0.4 is 34.3 Å². The molecule has 0 saturated heterocycles. The van der Waals surface area contributed by atoms with E-state index >= 15 is 0 Å². The third-order valence-corrected chi connectivity index (χ3v) is 7.21. The monoisotopic (exact) mass is 516 g/mol. The summed E-state index contributed by atoms with van der Waals surface area (Å²) in [7, 11) is 7.97. The van der Waals surface area contributed by atoms with Crippen molar-refractivity contribution in [3.05, 3.63) is 77.0 Å². The molecule has 1 aliphatic heterocycles. The first-order chi connectivity index (χ1) is 18.5. The summed E-state index contributed by atoms with van der Waals surface area (Å²) in [6.07, 6.45) is 1.03. The van der Waals surface area contributed by atoms with Gasteiger partial charge in [0.2, 0.25) is 5.75 Å². The summed E-state index contributed by atoms with van der Waals surface area (Å²) >= 11 is 0. The molecule has 0 saturated carbocycles. The van der Waals surface area contributed by atoms with Gasteiger partial charge in [-0.15, -0.1) is 0 Å². The summed E-state index contributed by atoms with van der Waals surface area (Å²) in [6.45, 7) is 0. The van der Waals surface area contributed by atoms with Crippen LogP contribution in [0.5, 0.6) is 28.7 Å². The number of allylic oxidation sites excluding steroid dienone is 1. The van der Waals surface area contributed by atoms with Crippen LogP contribution in [-0.2, 0) is 4.79 Å². The van der Waals surface area contributed by atoms with Crippen molar-refractivity contribution in [1.29, 1.82) is 0 Å². The average molecular weight is 517 g/mol. The van der Waals surface area contributed by atoms with E-state index in [1.54, 1.807) is 35.5 Å². The van der Waals surface area contributed by atoms with Crippen molar-refractivity contribution in [1.82, 2.24) is 0 Å². The van der Waals surface area contributed by atoms with Gasteiger partial charge >= 0.3 is 0 Å². The van der Waals surface area contributed by atoms with Crippen LogP contribution in [0, 0.1) is 0 Å². The molecule has 8 nitrogen and oxygen atoms in total. The summed E-state index contributed by atoms with van der Waals surface area (Å²) < 4.78 is 27.7. The smallest absolute Gasteiger partial charge is 0.203 e. The third kappa shape index (κ3) is 4.47. The fourth-order valence-electron chi connectivity index (χ4n) is 5.35. The van der Waals surface area contributed by atoms with E-state index in [0.717, 1.165) is 28.2 Å². The van der Waals surface area contributed by atoms with E-state index in [2.05, 4.69) is 10.6 Å². The van der Waals surface area contributed by atoms with Crippen LogP contribution in [0.25, 0.3) is 0 Å². The summed E-state index contributed by atoms with van der Waals surface area (Å²) in [6, 6.07) is 17.2. The number of methoxy groups -OCH3 is 5. The highest BCUT2D eigenvalue weighted by Crippen LogP contribution is 2.47. The van der Waals surface area contributed by atoms with Crippen molar-refractivity contribution in [2.24, 2.45) is 0 Å². The largest absolute Gasteiger partial charge is 0.493 e. The second-order valence-corrected chi connectivity index (χ2v) is 9.24. The Morgan fingerprint density at radius 2 is 1.32 bits per heavy atom. The first-order valence-electron chi connectivity index (χ1n) is 12.4. The highest BCUT2D eigenvalue weighted by molar-refractivity contribution is 6.01. The number of carbonyl (C=O) groups is 1. The maximum atomic E-state index is 13.9. The predicted octanol–water partition coefficient (Wildman–Crippen LogP) is 5.71. The second kappa shape index (κ2) is 10.6. The van der Waals surface area contributed by atoms with Crippen molar-refractivity contribution in [2.75, 3.05) is 46.2 Å². The summed E-state index contributed by atoms with van der Waals surface area (Å²) in [5.41, 5.74) is 5.26. The van der Waals surface area contributed by atoms with E-state index in [-0.39, 0.29) is 11.7 Å². The Morgan fingerprint density at radius 1 is 0.684 bits per heavy atom. The van der Waals surface area contributed by atoms with E-state index < -0.39 is 6.04 Å². The van der Waals surface area contributed by atoms with E-state index in [9.17, 15) is 4.79 Å². The lowest BCUT2D eigenvalue weighted by molar-refractivity contribution is -0.116. The molecule has 8 heteroatoms. The van der Waals surface area contributed by atoms with Gasteiger partial charge in [-0.25, -0.2) is 0 Å². The molecule has 2 aliphatic rings. The Morgan fingerprint density at radius 3 is 1.95 bits per heavy atom. The molecule has 5 rings (SSSR count). The topological polar surface area (TPSA) is 87.3 Å². The number of fused-ring (bicyclic) bond motifs is 1. The van der Waals surface area contributed by atoms with Crippen LogP contribution in [-0.4, -0.2) is 41.3 Å². The molecule has 3 aromatic rings. The lowest BCUT2D eigenvalue weighted by atomic mass is 9.78. The SMILES string of the molecule is COc1ccc([C@H]2CC(=O)C3=C(C2)Nc2ccccc2N[C@H]3c2cc(OC)c(OC)c(OC)c2)cc1OC. The van der Waals surface area contributed by atoms with Gasteiger partial charge in [0.15, 0.2) is 28.8 Å². The first kappa shape index (κ1) is 25.3. The minimum Gasteiger partial charge on any atom is -0.493 e. The molecule has 1 heterocycles. The number of ketones is 1. The lowest BCUT2D eigenvalue weighted by Gasteiger charge is -2.30. The van der Waals surface area contributed by atoms with Crippen LogP contribution in [0.15, 0.2) is 65.9 Å². The number of hydrogen-bond acceptors (Lipinski definition) is 8. The fourth-order valence-corrected chi connectivity index (χ4v) is 5.35. The van der Waals surface area contributed by atoms with Crippen LogP contribution in [0.4, 0.5) is 11.4 Å². The van der Waals surface area contributed by atoms with Crippen LogP contribution in [0.1, 0.15) is 35.9 Å². The molecule has 198 valence electrons. The Hall–Kier alpha value is -4.33. The van der Waals surface area contributed by atoms with E-state index in [1.165, 1.54) is 0 Å². The number of carbonyl (C=O) groups excluding carboxylic acids is 1. The Bertz CT molecular complexity index is 1370. The normalized spacial score (nSPS) is 18.3. The molecule has 0 amide bonds. The fraction of sp³-hybridized carbons (Fsp3) is 0.300. The van der Waals surface area contributed by atoms with Crippen molar-refractivity contribution in [3.8, 4) is 28.7 Å². The van der Waals surface area contributed by atoms with Gasteiger partial charge in [0.1, 0.15) is 0 Å². The molecular formula is C30H32N2O6.